The van der Waals surface area contributed by atoms with E-state index in [1.807, 2.05) is 35.2 Å². The third kappa shape index (κ3) is 3.35. The Labute approximate surface area is 116 Å². The zero-order valence-corrected chi connectivity index (χ0v) is 11.9. The van der Waals surface area contributed by atoms with Crippen LogP contribution in [0.15, 0.2) is 30.3 Å². The van der Waals surface area contributed by atoms with E-state index in [0.717, 1.165) is 38.2 Å². The van der Waals surface area contributed by atoms with Crippen molar-refractivity contribution in [1.82, 2.24) is 5.32 Å². The van der Waals surface area contributed by atoms with Crippen molar-refractivity contribution in [2.24, 2.45) is 11.8 Å². The summed E-state index contributed by atoms with van der Waals surface area (Å²) in [6, 6.07) is 10.0. The molecule has 3 nitrogen and oxygen atoms in total. The molecule has 1 fully saturated rings. The molecule has 1 aromatic rings. The molecule has 1 amide bonds. The molecule has 0 aromatic heterocycles. The van der Waals surface area contributed by atoms with E-state index in [1.165, 1.54) is 0 Å². The standard InChI is InChI=1S/C16H24N2O/c1-3-4-10-18(14-8-6-5-7-9-14)16(19)15-12-17-11-13(15)2/h5-9,13,15,17H,3-4,10-12H2,1-2H3. The third-order valence-electron chi connectivity index (χ3n) is 3.90. The summed E-state index contributed by atoms with van der Waals surface area (Å²) in [6.07, 6.45) is 2.16. The smallest absolute Gasteiger partial charge is 0.231 e. The molecular weight excluding hydrogens is 236 g/mol. The average Bonchev–Trinajstić information content (AvgIpc) is 2.86. The number of amides is 1. The van der Waals surface area contributed by atoms with E-state index in [0.29, 0.717) is 5.92 Å². The molecule has 1 aromatic carbocycles. The molecule has 0 bridgehead atoms. The molecule has 2 atom stereocenters. The molecule has 1 saturated heterocycles. The van der Waals surface area contributed by atoms with E-state index in [1.54, 1.807) is 0 Å². The number of nitrogens with one attached hydrogen (secondary N) is 1. The van der Waals surface area contributed by atoms with Gasteiger partial charge in [0.05, 0.1) is 5.92 Å². The van der Waals surface area contributed by atoms with Crippen LogP contribution in [0.25, 0.3) is 0 Å². The van der Waals surface area contributed by atoms with Gasteiger partial charge in [0, 0.05) is 18.8 Å². The van der Waals surface area contributed by atoms with Gasteiger partial charge in [0.25, 0.3) is 0 Å². The lowest BCUT2D eigenvalue weighted by molar-refractivity contribution is -0.122. The van der Waals surface area contributed by atoms with Crippen molar-refractivity contribution >= 4 is 11.6 Å². The number of carbonyl (C=O) groups excluding carboxylic acids is 1. The summed E-state index contributed by atoms with van der Waals surface area (Å²) < 4.78 is 0. The summed E-state index contributed by atoms with van der Waals surface area (Å²) in [5.74, 6) is 0.828. The number of rotatable bonds is 5. The Balaban J connectivity index is 2.15. The fourth-order valence-corrected chi connectivity index (χ4v) is 2.63. The van der Waals surface area contributed by atoms with Crippen LogP contribution in [0, 0.1) is 11.8 Å². The number of hydrogen-bond acceptors (Lipinski definition) is 2. The van der Waals surface area contributed by atoms with Crippen LogP contribution in [0.3, 0.4) is 0 Å². The van der Waals surface area contributed by atoms with Crippen molar-refractivity contribution in [3.05, 3.63) is 30.3 Å². The van der Waals surface area contributed by atoms with Crippen molar-refractivity contribution in [1.29, 1.82) is 0 Å². The number of hydrogen-bond donors (Lipinski definition) is 1. The SMILES string of the molecule is CCCCN(C(=O)C1CNCC1C)c1ccccc1. The summed E-state index contributed by atoms with van der Waals surface area (Å²) >= 11 is 0. The highest BCUT2D eigenvalue weighted by Gasteiger charge is 2.33. The van der Waals surface area contributed by atoms with Gasteiger partial charge in [0.1, 0.15) is 0 Å². The molecule has 19 heavy (non-hydrogen) atoms. The first-order valence-corrected chi connectivity index (χ1v) is 7.31. The first kappa shape index (κ1) is 14.1. The second kappa shape index (κ2) is 6.71. The minimum Gasteiger partial charge on any atom is -0.316 e. The van der Waals surface area contributed by atoms with E-state index < -0.39 is 0 Å². The quantitative estimate of drug-likeness (QED) is 0.883. The number of benzene rings is 1. The normalized spacial score (nSPS) is 22.4. The van der Waals surface area contributed by atoms with Crippen molar-refractivity contribution in [2.45, 2.75) is 26.7 Å². The molecule has 2 rings (SSSR count). The predicted molar refractivity (Wildman–Crippen MR) is 79.2 cm³/mol. The van der Waals surface area contributed by atoms with Gasteiger partial charge in [0.2, 0.25) is 5.91 Å². The van der Waals surface area contributed by atoms with Crippen LogP contribution in [0.5, 0.6) is 0 Å². The molecule has 3 heteroatoms. The van der Waals surface area contributed by atoms with Crippen LogP contribution in [0.2, 0.25) is 0 Å². The monoisotopic (exact) mass is 260 g/mol. The second-order valence-electron chi connectivity index (χ2n) is 5.42. The highest BCUT2D eigenvalue weighted by molar-refractivity contribution is 5.95. The van der Waals surface area contributed by atoms with E-state index in [2.05, 4.69) is 19.2 Å². The number of para-hydroxylation sites is 1. The minimum absolute atomic E-state index is 0.122. The van der Waals surface area contributed by atoms with Crippen molar-refractivity contribution < 1.29 is 4.79 Å². The van der Waals surface area contributed by atoms with Crippen LogP contribution >= 0.6 is 0 Å². The molecule has 104 valence electrons. The fraction of sp³-hybridized carbons (Fsp3) is 0.562. The number of carbonyl (C=O) groups is 1. The van der Waals surface area contributed by atoms with Gasteiger partial charge in [-0.25, -0.2) is 0 Å². The van der Waals surface area contributed by atoms with Crippen LogP contribution in [-0.2, 0) is 4.79 Å². The van der Waals surface area contributed by atoms with Crippen LogP contribution in [0.1, 0.15) is 26.7 Å². The van der Waals surface area contributed by atoms with E-state index in [9.17, 15) is 4.79 Å². The van der Waals surface area contributed by atoms with Gasteiger partial charge in [0.15, 0.2) is 0 Å². The molecular formula is C16H24N2O. The van der Waals surface area contributed by atoms with Crippen LogP contribution in [0.4, 0.5) is 5.69 Å². The fourth-order valence-electron chi connectivity index (χ4n) is 2.63. The Morgan fingerprint density at radius 2 is 2.05 bits per heavy atom. The van der Waals surface area contributed by atoms with Gasteiger partial charge in [-0.1, -0.05) is 38.5 Å². The summed E-state index contributed by atoms with van der Waals surface area (Å²) in [7, 11) is 0. The Hall–Kier alpha value is -1.35. The molecule has 0 saturated carbocycles. The van der Waals surface area contributed by atoms with Crippen LogP contribution < -0.4 is 10.2 Å². The van der Waals surface area contributed by atoms with Crippen molar-refractivity contribution in [2.75, 3.05) is 24.5 Å². The van der Waals surface area contributed by atoms with Gasteiger partial charge < -0.3 is 10.2 Å². The molecule has 1 aliphatic rings. The lowest BCUT2D eigenvalue weighted by Crippen LogP contribution is -2.39. The van der Waals surface area contributed by atoms with Crippen molar-refractivity contribution in [3.8, 4) is 0 Å². The molecule has 1 aliphatic heterocycles. The molecule has 0 aliphatic carbocycles. The maximum atomic E-state index is 12.7. The van der Waals surface area contributed by atoms with Gasteiger partial charge >= 0.3 is 0 Å². The minimum atomic E-state index is 0.122. The second-order valence-corrected chi connectivity index (χ2v) is 5.42. The lowest BCUT2D eigenvalue weighted by atomic mass is 9.96. The Bertz CT molecular complexity index is 404. The van der Waals surface area contributed by atoms with Gasteiger partial charge in [-0.2, -0.15) is 0 Å². The maximum Gasteiger partial charge on any atom is 0.231 e. The molecule has 0 spiro atoms. The Kier molecular flexibility index (Phi) is 4.97. The third-order valence-corrected chi connectivity index (χ3v) is 3.90. The van der Waals surface area contributed by atoms with Gasteiger partial charge in [-0.3, -0.25) is 4.79 Å². The lowest BCUT2D eigenvalue weighted by Gasteiger charge is -2.27. The number of anilines is 1. The predicted octanol–water partition coefficient (Wildman–Crippen LogP) is 2.68. The van der Waals surface area contributed by atoms with Gasteiger partial charge in [-0.15, -0.1) is 0 Å². The van der Waals surface area contributed by atoms with Gasteiger partial charge in [-0.05, 0) is 31.0 Å². The molecule has 0 radical (unpaired) electrons. The topological polar surface area (TPSA) is 32.3 Å². The first-order chi connectivity index (χ1) is 9.24. The van der Waals surface area contributed by atoms with Crippen LogP contribution in [-0.4, -0.2) is 25.5 Å². The Morgan fingerprint density at radius 3 is 2.63 bits per heavy atom. The molecule has 2 unspecified atom stereocenters. The first-order valence-electron chi connectivity index (χ1n) is 7.31. The zero-order chi connectivity index (χ0) is 13.7. The van der Waals surface area contributed by atoms with E-state index >= 15 is 0 Å². The summed E-state index contributed by atoms with van der Waals surface area (Å²) in [5, 5.41) is 3.32. The number of nitrogens with zero attached hydrogens (tertiary/aromatic N) is 1. The summed E-state index contributed by atoms with van der Waals surface area (Å²) in [5.41, 5.74) is 1.03. The van der Waals surface area contributed by atoms with E-state index in [4.69, 9.17) is 0 Å². The highest BCUT2D eigenvalue weighted by Crippen LogP contribution is 2.23. The Morgan fingerprint density at radius 1 is 1.32 bits per heavy atom. The average molecular weight is 260 g/mol. The van der Waals surface area contributed by atoms with Crippen molar-refractivity contribution in [3.63, 3.8) is 0 Å². The zero-order valence-electron chi connectivity index (χ0n) is 11.9. The molecule has 1 N–H and O–H groups in total. The summed E-state index contributed by atoms with van der Waals surface area (Å²) in [4.78, 5) is 14.7. The number of unbranched alkanes of at least 4 members (excludes halogenated alkanes) is 1. The largest absolute Gasteiger partial charge is 0.316 e. The molecule has 1 heterocycles. The maximum absolute atomic E-state index is 12.7. The highest BCUT2D eigenvalue weighted by atomic mass is 16.2. The summed E-state index contributed by atoms with van der Waals surface area (Å²) in [6.45, 7) is 6.91. The van der Waals surface area contributed by atoms with E-state index in [-0.39, 0.29) is 11.8 Å².